The summed E-state index contributed by atoms with van der Waals surface area (Å²) in [5.41, 5.74) is 0. The first-order chi connectivity index (χ1) is 26.7. The molecule has 0 radical (unpaired) electrons. The molecule has 0 spiro atoms. The number of hydrogen-bond donors (Lipinski definition) is 0. The lowest BCUT2D eigenvalue weighted by Gasteiger charge is -2.18. The van der Waals surface area contributed by atoms with Crippen LogP contribution in [0.25, 0.3) is 0 Å². The summed E-state index contributed by atoms with van der Waals surface area (Å²) in [4.78, 5) is 37.8. The maximum atomic E-state index is 12.7. The maximum Gasteiger partial charge on any atom is 0.306 e. The molecule has 0 bridgehead atoms. The number of ether oxygens (including phenoxy) is 3. The van der Waals surface area contributed by atoms with E-state index in [1.54, 1.807) is 0 Å². The van der Waals surface area contributed by atoms with Crippen LogP contribution in [0.3, 0.4) is 0 Å². The van der Waals surface area contributed by atoms with Crippen LogP contribution >= 0.6 is 0 Å². The summed E-state index contributed by atoms with van der Waals surface area (Å²) in [7, 11) is 0. The monoisotopic (exact) mass is 779 g/mol. The highest BCUT2D eigenvalue weighted by atomic mass is 16.6. The molecule has 0 amide bonds. The molecular formula is C49H94O6. The fraction of sp³-hybridized carbons (Fsp3) is 0.939. The fourth-order valence-electron chi connectivity index (χ4n) is 7.28. The molecule has 0 aromatic carbocycles. The molecular weight excluding hydrogens is 685 g/mol. The number of esters is 3. The zero-order valence-electron chi connectivity index (χ0n) is 37.6. The second-order valence-electron chi connectivity index (χ2n) is 17.7. The lowest BCUT2D eigenvalue weighted by Crippen LogP contribution is -2.30. The third-order valence-electron chi connectivity index (χ3n) is 11.0. The standard InChI is InChI=1S/C49H94O6/c1-6-7-8-9-10-11-12-13-14-15-16-20-23-29-34-39-47(50)53-42-46(43-54-48(51)40-35-30-26-25-28-33-38-45(4)5)55-49(52)41-36-31-24-21-18-17-19-22-27-32-37-44(2)3/h44-46H,6-43H2,1-5H3/t46-/m0/s1. The average molecular weight is 779 g/mol. The second kappa shape index (κ2) is 42.0. The van der Waals surface area contributed by atoms with Gasteiger partial charge in [-0.3, -0.25) is 14.4 Å². The van der Waals surface area contributed by atoms with E-state index in [0.717, 1.165) is 69.6 Å². The van der Waals surface area contributed by atoms with E-state index in [1.165, 1.54) is 154 Å². The zero-order valence-corrected chi connectivity index (χ0v) is 37.6. The minimum absolute atomic E-state index is 0.0650. The van der Waals surface area contributed by atoms with Crippen molar-refractivity contribution in [1.82, 2.24) is 0 Å². The molecule has 55 heavy (non-hydrogen) atoms. The van der Waals surface area contributed by atoms with Crippen LogP contribution in [0.2, 0.25) is 0 Å². The highest BCUT2D eigenvalue weighted by Crippen LogP contribution is 2.17. The molecule has 0 fully saturated rings. The van der Waals surface area contributed by atoms with Gasteiger partial charge in [0, 0.05) is 19.3 Å². The Balaban J connectivity index is 4.29. The highest BCUT2D eigenvalue weighted by Gasteiger charge is 2.19. The summed E-state index contributed by atoms with van der Waals surface area (Å²) in [6.45, 7) is 11.3. The van der Waals surface area contributed by atoms with Crippen molar-refractivity contribution in [2.45, 2.75) is 272 Å². The van der Waals surface area contributed by atoms with E-state index < -0.39 is 6.10 Å². The Morgan fingerprint density at radius 1 is 0.345 bits per heavy atom. The van der Waals surface area contributed by atoms with E-state index >= 15 is 0 Å². The predicted octanol–water partition coefficient (Wildman–Crippen LogP) is 15.4. The quantitative estimate of drug-likeness (QED) is 0.0348. The molecule has 0 unspecified atom stereocenters. The van der Waals surface area contributed by atoms with Gasteiger partial charge in [-0.25, -0.2) is 0 Å². The number of rotatable bonds is 43. The van der Waals surface area contributed by atoms with Crippen LogP contribution in [0, 0.1) is 11.8 Å². The van der Waals surface area contributed by atoms with Crippen LogP contribution in [0.15, 0.2) is 0 Å². The van der Waals surface area contributed by atoms with Crippen molar-refractivity contribution in [2.75, 3.05) is 13.2 Å². The summed E-state index contributed by atoms with van der Waals surface area (Å²) in [6, 6.07) is 0. The Morgan fingerprint density at radius 2 is 0.600 bits per heavy atom. The van der Waals surface area contributed by atoms with Gasteiger partial charge in [0.15, 0.2) is 6.10 Å². The Hall–Kier alpha value is -1.59. The first-order valence-corrected chi connectivity index (χ1v) is 24.2. The smallest absolute Gasteiger partial charge is 0.306 e. The zero-order chi connectivity index (χ0) is 40.5. The molecule has 0 rings (SSSR count). The maximum absolute atomic E-state index is 12.7. The van der Waals surface area contributed by atoms with Crippen molar-refractivity contribution in [2.24, 2.45) is 11.8 Å². The van der Waals surface area contributed by atoms with Gasteiger partial charge < -0.3 is 14.2 Å². The van der Waals surface area contributed by atoms with E-state index in [0.29, 0.717) is 19.3 Å². The second-order valence-corrected chi connectivity index (χ2v) is 17.7. The van der Waals surface area contributed by atoms with Gasteiger partial charge in [0.05, 0.1) is 0 Å². The molecule has 0 saturated carbocycles. The summed E-state index contributed by atoms with van der Waals surface area (Å²) < 4.78 is 16.7. The van der Waals surface area contributed by atoms with E-state index in [2.05, 4.69) is 34.6 Å². The molecule has 6 heteroatoms. The van der Waals surface area contributed by atoms with Gasteiger partial charge in [-0.1, -0.05) is 227 Å². The van der Waals surface area contributed by atoms with Crippen LogP contribution in [-0.4, -0.2) is 37.2 Å². The van der Waals surface area contributed by atoms with Crippen LogP contribution < -0.4 is 0 Å². The molecule has 326 valence electrons. The Bertz CT molecular complexity index is 839. The van der Waals surface area contributed by atoms with Gasteiger partial charge in [-0.05, 0) is 31.1 Å². The fourth-order valence-corrected chi connectivity index (χ4v) is 7.28. The molecule has 6 nitrogen and oxygen atoms in total. The van der Waals surface area contributed by atoms with E-state index in [-0.39, 0.29) is 31.1 Å². The molecule has 0 heterocycles. The third-order valence-corrected chi connectivity index (χ3v) is 11.0. The third kappa shape index (κ3) is 43.4. The summed E-state index contributed by atoms with van der Waals surface area (Å²) >= 11 is 0. The van der Waals surface area contributed by atoms with Gasteiger partial charge in [0.25, 0.3) is 0 Å². The van der Waals surface area contributed by atoms with Gasteiger partial charge in [-0.15, -0.1) is 0 Å². The normalized spacial score (nSPS) is 12.1. The summed E-state index contributed by atoms with van der Waals surface area (Å²) in [5, 5.41) is 0. The Kier molecular flexibility index (Phi) is 40.8. The summed E-state index contributed by atoms with van der Waals surface area (Å²) in [6.07, 6.45) is 41.0. The van der Waals surface area contributed by atoms with Gasteiger partial charge in [-0.2, -0.15) is 0 Å². The predicted molar refractivity (Wildman–Crippen MR) is 233 cm³/mol. The summed E-state index contributed by atoms with van der Waals surface area (Å²) in [5.74, 6) is 0.722. The van der Waals surface area contributed by atoms with Crippen molar-refractivity contribution >= 4 is 17.9 Å². The lowest BCUT2D eigenvalue weighted by atomic mass is 10.0. The molecule has 1 atom stereocenters. The van der Waals surface area contributed by atoms with E-state index in [4.69, 9.17) is 14.2 Å². The van der Waals surface area contributed by atoms with Crippen molar-refractivity contribution in [3.8, 4) is 0 Å². The Morgan fingerprint density at radius 3 is 0.891 bits per heavy atom. The van der Waals surface area contributed by atoms with Gasteiger partial charge in [0.2, 0.25) is 0 Å². The van der Waals surface area contributed by atoms with Gasteiger partial charge in [0.1, 0.15) is 13.2 Å². The largest absolute Gasteiger partial charge is 0.462 e. The number of carbonyl (C=O) groups is 3. The topological polar surface area (TPSA) is 78.9 Å². The van der Waals surface area contributed by atoms with Crippen molar-refractivity contribution in [3.05, 3.63) is 0 Å². The minimum atomic E-state index is -0.761. The first kappa shape index (κ1) is 53.4. The van der Waals surface area contributed by atoms with Gasteiger partial charge >= 0.3 is 17.9 Å². The molecule has 0 aromatic heterocycles. The molecule has 0 N–H and O–H groups in total. The van der Waals surface area contributed by atoms with Crippen LogP contribution in [-0.2, 0) is 28.6 Å². The molecule has 0 aliphatic carbocycles. The highest BCUT2D eigenvalue weighted by molar-refractivity contribution is 5.71. The van der Waals surface area contributed by atoms with Crippen LogP contribution in [0.5, 0.6) is 0 Å². The first-order valence-electron chi connectivity index (χ1n) is 24.2. The lowest BCUT2D eigenvalue weighted by molar-refractivity contribution is -0.167. The molecule has 0 saturated heterocycles. The SMILES string of the molecule is CCCCCCCCCCCCCCCCCC(=O)OC[C@@H](COC(=O)CCCCCCCCC(C)C)OC(=O)CCCCCCCCCCCCC(C)C. The number of unbranched alkanes of at least 4 members (excludes halogenated alkanes) is 28. The molecule has 0 aliphatic heterocycles. The average Bonchev–Trinajstić information content (AvgIpc) is 3.15. The van der Waals surface area contributed by atoms with Crippen molar-refractivity contribution in [1.29, 1.82) is 0 Å². The van der Waals surface area contributed by atoms with E-state index in [9.17, 15) is 14.4 Å². The van der Waals surface area contributed by atoms with Crippen LogP contribution in [0.4, 0.5) is 0 Å². The number of carbonyl (C=O) groups excluding carboxylic acids is 3. The van der Waals surface area contributed by atoms with E-state index in [1.807, 2.05) is 0 Å². The van der Waals surface area contributed by atoms with Crippen molar-refractivity contribution < 1.29 is 28.6 Å². The minimum Gasteiger partial charge on any atom is -0.462 e. The molecule has 0 aromatic rings. The van der Waals surface area contributed by atoms with Crippen LogP contribution in [0.1, 0.15) is 266 Å². The van der Waals surface area contributed by atoms with Crippen molar-refractivity contribution in [3.63, 3.8) is 0 Å². The molecule has 0 aliphatic rings. The number of hydrogen-bond acceptors (Lipinski definition) is 6. The Labute approximate surface area is 342 Å².